The van der Waals surface area contributed by atoms with Gasteiger partial charge in [-0.2, -0.15) is 5.10 Å². The topological polar surface area (TPSA) is 96.7 Å². The highest BCUT2D eigenvalue weighted by Crippen LogP contribution is 2.18. The summed E-state index contributed by atoms with van der Waals surface area (Å²) in [5.41, 5.74) is 1.64. The minimum atomic E-state index is -0.859. The highest BCUT2D eigenvalue weighted by Gasteiger charge is 2.30. The van der Waals surface area contributed by atoms with Crippen LogP contribution in [0.5, 0.6) is 5.75 Å². The van der Waals surface area contributed by atoms with Crippen LogP contribution in [0.4, 0.5) is 10.5 Å². The first-order chi connectivity index (χ1) is 12.0. The number of carbonyl (C=O) groups is 2. The SMILES string of the molecule is COc1ccc(Cn2cc(NC(=O)N3CCC(C(=O)O)C3)cn2)cc1. The van der Waals surface area contributed by atoms with Gasteiger partial charge in [-0.3, -0.25) is 9.48 Å². The Kier molecular flexibility index (Phi) is 4.87. The summed E-state index contributed by atoms with van der Waals surface area (Å²) in [6.07, 6.45) is 3.80. The molecule has 1 aliphatic heterocycles. The number of anilines is 1. The number of aromatic nitrogens is 2. The Morgan fingerprint density at radius 2 is 2.12 bits per heavy atom. The van der Waals surface area contributed by atoms with Crippen LogP contribution >= 0.6 is 0 Å². The summed E-state index contributed by atoms with van der Waals surface area (Å²) < 4.78 is 6.85. The number of urea groups is 1. The molecular formula is C17H20N4O4. The average molecular weight is 344 g/mol. The fraction of sp³-hybridized carbons (Fsp3) is 0.353. The first-order valence-electron chi connectivity index (χ1n) is 7.99. The molecule has 1 aliphatic rings. The van der Waals surface area contributed by atoms with Gasteiger partial charge in [0.15, 0.2) is 0 Å². The molecule has 1 aromatic carbocycles. The quantitative estimate of drug-likeness (QED) is 0.863. The number of rotatable bonds is 5. The molecule has 0 saturated carbocycles. The third kappa shape index (κ3) is 4.09. The Balaban J connectivity index is 1.56. The van der Waals surface area contributed by atoms with Crippen molar-refractivity contribution in [1.82, 2.24) is 14.7 Å². The summed E-state index contributed by atoms with van der Waals surface area (Å²) >= 11 is 0. The maximum atomic E-state index is 12.2. The summed E-state index contributed by atoms with van der Waals surface area (Å²) in [6.45, 7) is 1.26. The monoisotopic (exact) mass is 344 g/mol. The van der Waals surface area contributed by atoms with E-state index in [0.717, 1.165) is 11.3 Å². The summed E-state index contributed by atoms with van der Waals surface area (Å²) in [6, 6.07) is 7.37. The van der Waals surface area contributed by atoms with Crippen molar-refractivity contribution in [2.45, 2.75) is 13.0 Å². The van der Waals surface area contributed by atoms with E-state index in [1.165, 1.54) is 4.90 Å². The van der Waals surface area contributed by atoms with E-state index in [1.807, 2.05) is 24.3 Å². The van der Waals surface area contributed by atoms with Crippen molar-refractivity contribution >= 4 is 17.7 Å². The van der Waals surface area contributed by atoms with Crippen LogP contribution in [0.3, 0.4) is 0 Å². The molecule has 1 saturated heterocycles. The Morgan fingerprint density at radius 1 is 1.36 bits per heavy atom. The van der Waals surface area contributed by atoms with Crippen LogP contribution in [0, 0.1) is 5.92 Å². The number of amides is 2. The van der Waals surface area contributed by atoms with Crippen LogP contribution < -0.4 is 10.1 Å². The van der Waals surface area contributed by atoms with Crippen LogP contribution in [0.2, 0.25) is 0 Å². The number of methoxy groups -OCH3 is 1. The van der Waals surface area contributed by atoms with Gasteiger partial charge in [-0.05, 0) is 24.1 Å². The first kappa shape index (κ1) is 16.8. The first-order valence-corrected chi connectivity index (χ1v) is 7.99. The maximum absolute atomic E-state index is 12.2. The second kappa shape index (κ2) is 7.25. The van der Waals surface area contributed by atoms with Crippen molar-refractivity contribution < 1.29 is 19.4 Å². The number of nitrogens with one attached hydrogen (secondary N) is 1. The lowest BCUT2D eigenvalue weighted by molar-refractivity contribution is -0.141. The lowest BCUT2D eigenvalue weighted by Crippen LogP contribution is -2.33. The molecule has 132 valence electrons. The zero-order valence-corrected chi connectivity index (χ0v) is 13.9. The molecule has 0 bridgehead atoms. The largest absolute Gasteiger partial charge is 0.497 e. The van der Waals surface area contributed by atoms with Gasteiger partial charge >= 0.3 is 12.0 Å². The number of likely N-dealkylation sites (tertiary alicyclic amines) is 1. The minimum absolute atomic E-state index is 0.237. The third-order valence-electron chi connectivity index (χ3n) is 4.21. The van der Waals surface area contributed by atoms with Gasteiger partial charge in [0.25, 0.3) is 0 Å². The molecule has 8 nitrogen and oxygen atoms in total. The van der Waals surface area contributed by atoms with Gasteiger partial charge in [0.1, 0.15) is 5.75 Å². The molecule has 0 radical (unpaired) electrons. The van der Waals surface area contributed by atoms with E-state index < -0.39 is 11.9 Å². The fourth-order valence-electron chi connectivity index (χ4n) is 2.78. The summed E-state index contributed by atoms with van der Waals surface area (Å²) in [5.74, 6) is -0.548. The van der Waals surface area contributed by atoms with E-state index in [1.54, 1.807) is 24.2 Å². The molecule has 2 heterocycles. The average Bonchev–Trinajstić information content (AvgIpc) is 3.25. The van der Waals surface area contributed by atoms with E-state index in [2.05, 4.69) is 10.4 Å². The molecule has 2 amide bonds. The predicted octanol–water partition coefficient (Wildman–Crippen LogP) is 1.88. The van der Waals surface area contributed by atoms with Gasteiger partial charge in [0.2, 0.25) is 0 Å². The van der Waals surface area contributed by atoms with Crippen molar-refractivity contribution in [1.29, 1.82) is 0 Å². The highest BCUT2D eigenvalue weighted by atomic mass is 16.5. The lowest BCUT2D eigenvalue weighted by atomic mass is 10.1. The number of ether oxygens (including phenoxy) is 1. The Morgan fingerprint density at radius 3 is 2.76 bits per heavy atom. The Labute approximate surface area is 145 Å². The van der Waals surface area contributed by atoms with Crippen LogP contribution in [-0.4, -0.2) is 52.0 Å². The lowest BCUT2D eigenvalue weighted by Gasteiger charge is -2.15. The number of hydrogen-bond acceptors (Lipinski definition) is 4. The molecule has 8 heteroatoms. The molecule has 1 aromatic heterocycles. The number of hydrogen-bond donors (Lipinski definition) is 2. The zero-order valence-electron chi connectivity index (χ0n) is 13.9. The predicted molar refractivity (Wildman–Crippen MR) is 90.7 cm³/mol. The van der Waals surface area contributed by atoms with Gasteiger partial charge in [-0.15, -0.1) is 0 Å². The Bertz CT molecular complexity index is 756. The molecular weight excluding hydrogens is 324 g/mol. The molecule has 25 heavy (non-hydrogen) atoms. The molecule has 3 rings (SSSR count). The number of nitrogens with zero attached hydrogens (tertiary/aromatic N) is 3. The molecule has 0 spiro atoms. The van der Waals surface area contributed by atoms with Crippen molar-refractivity contribution in [3.05, 3.63) is 42.2 Å². The van der Waals surface area contributed by atoms with E-state index in [9.17, 15) is 9.59 Å². The summed E-state index contributed by atoms with van der Waals surface area (Å²) in [5, 5.41) is 16.0. The fourth-order valence-corrected chi connectivity index (χ4v) is 2.78. The van der Waals surface area contributed by atoms with Crippen LogP contribution in [0.15, 0.2) is 36.7 Å². The van der Waals surface area contributed by atoms with Gasteiger partial charge in [-0.25, -0.2) is 4.79 Å². The highest BCUT2D eigenvalue weighted by molar-refractivity contribution is 5.89. The van der Waals surface area contributed by atoms with Crippen molar-refractivity contribution in [3.8, 4) is 5.75 Å². The van der Waals surface area contributed by atoms with Crippen molar-refractivity contribution in [2.75, 3.05) is 25.5 Å². The number of benzene rings is 1. The summed E-state index contributed by atoms with van der Waals surface area (Å²) in [7, 11) is 1.62. The zero-order chi connectivity index (χ0) is 17.8. The number of carboxylic acid groups (broad SMARTS) is 1. The van der Waals surface area contributed by atoms with E-state index in [-0.39, 0.29) is 12.6 Å². The van der Waals surface area contributed by atoms with Gasteiger partial charge in [0.05, 0.1) is 31.5 Å². The number of aliphatic carboxylic acids is 1. The van der Waals surface area contributed by atoms with E-state index >= 15 is 0 Å². The third-order valence-corrected chi connectivity index (χ3v) is 4.21. The van der Waals surface area contributed by atoms with Crippen molar-refractivity contribution in [3.63, 3.8) is 0 Å². The van der Waals surface area contributed by atoms with Gasteiger partial charge < -0.3 is 20.1 Å². The second-order valence-electron chi connectivity index (χ2n) is 5.97. The standard InChI is InChI=1S/C17H20N4O4/c1-25-15-4-2-12(3-5-15)9-21-11-14(8-18-21)19-17(24)20-7-6-13(10-20)16(22)23/h2-5,8,11,13H,6-7,9-10H2,1H3,(H,19,24)(H,22,23). The number of carbonyl (C=O) groups excluding carboxylic acids is 1. The normalized spacial score (nSPS) is 16.7. The van der Waals surface area contributed by atoms with Crippen LogP contribution in [0.25, 0.3) is 0 Å². The Hall–Kier alpha value is -3.03. The maximum Gasteiger partial charge on any atom is 0.321 e. The minimum Gasteiger partial charge on any atom is -0.497 e. The van der Waals surface area contributed by atoms with E-state index in [0.29, 0.717) is 25.2 Å². The smallest absolute Gasteiger partial charge is 0.321 e. The van der Waals surface area contributed by atoms with Crippen LogP contribution in [-0.2, 0) is 11.3 Å². The van der Waals surface area contributed by atoms with Gasteiger partial charge in [0, 0.05) is 19.3 Å². The molecule has 1 unspecified atom stereocenters. The molecule has 2 aromatic rings. The molecule has 1 fully saturated rings. The van der Waals surface area contributed by atoms with Gasteiger partial charge in [-0.1, -0.05) is 12.1 Å². The van der Waals surface area contributed by atoms with Crippen molar-refractivity contribution in [2.24, 2.45) is 5.92 Å². The molecule has 1 atom stereocenters. The number of carboxylic acids is 1. The van der Waals surface area contributed by atoms with Crippen LogP contribution in [0.1, 0.15) is 12.0 Å². The van der Waals surface area contributed by atoms with E-state index in [4.69, 9.17) is 9.84 Å². The second-order valence-corrected chi connectivity index (χ2v) is 5.97. The summed E-state index contributed by atoms with van der Waals surface area (Å²) in [4.78, 5) is 24.7. The molecule has 0 aliphatic carbocycles. The molecule has 2 N–H and O–H groups in total.